The van der Waals surface area contributed by atoms with Crippen molar-refractivity contribution in [3.8, 4) is 0 Å². The summed E-state index contributed by atoms with van der Waals surface area (Å²) in [6.45, 7) is 1.21. The molecule has 31 heavy (non-hydrogen) atoms. The molecule has 1 fully saturated rings. The zero-order valence-corrected chi connectivity index (χ0v) is 16.8. The Bertz CT molecular complexity index is 1030. The van der Waals surface area contributed by atoms with Crippen molar-refractivity contribution < 1.29 is 34.8 Å². The Balaban J connectivity index is 1.86. The Morgan fingerprint density at radius 2 is 2.03 bits per heavy atom. The average Bonchev–Trinajstić information content (AvgIpc) is 3.26. The molecule has 1 aliphatic heterocycles. The molecule has 0 spiro atoms. The maximum atomic E-state index is 12.8. The summed E-state index contributed by atoms with van der Waals surface area (Å²) < 4.78 is 7.30. The van der Waals surface area contributed by atoms with Crippen LogP contribution in [0.15, 0.2) is 11.1 Å². The van der Waals surface area contributed by atoms with Gasteiger partial charge in [0.05, 0.1) is 18.9 Å². The lowest BCUT2D eigenvalue weighted by atomic mass is 9.99. The van der Waals surface area contributed by atoms with E-state index in [2.05, 4.69) is 9.97 Å². The van der Waals surface area contributed by atoms with E-state index >= 15 is 0 Å². The molecule has 1 aliphatic rings. The number of carbonyl (C=O) groups is 2. The molecule has 0 radical (unpaired) electrons. The van der Waals surface area contributed by atoms with Crippen LogP contribution in [0.5, 0.6) is 0 Å². The number of nitrogens with two attached hydrogens (primary N) is 1. The largest absolute Gasteiger partial charge is 0.481 e. The van der Waals surface area contributed by atoms with Gasteiger partial charge in [-0.2, -0.15) is 4.98 Å². The number of rotatable bonds is 8. The van der Waals surface area contributed by atoms with Crippen LogP contribution >= 0.6 is 0 Å². The van der Waals surface area contributed by atoms with E-state index in [1.807, 2.05) is 0 Å². The van der Waals surface area contributed by atoms with Crippen LogP contribution in [0.25, 0.3) is 11.2 Å². The third-order valence-corrected chi connectivity index (χ3v) is 5.45. The number of imidazole rings is 1. The molecule has 0 aromatic carbocycles. The second-order valence-corrected chi connectivity index (χ2v) is 7.39. The van der Waals surface area contributed by atoms with Crippen LogP contribution in [0.3, 0.4) is 0 Å². The predicted molar refractivity (Wildman–Crippen MR) is 105 cm³/mol. The van der Waals surface area contributed by atoms with Gasteiger partial charge in [-0.05, 0) is 19.3 Å². The number of fused-ring (bicyclic) bond motifs is 1. The normalized spacial score (nSPS) is 24.5. The van der Waals surface area contributed by atoms with Crippen molar-refractivity contribution in [2.75, 3.05) is 12.3 Å². The van der Waals surface area contributed by atoms with E-state index in [1.54, 1.807) is 6.92 Å². The molecule has 3 heterocycles. The van der Waals surface area contributed by atoms with Crippen LogP contribution in [0, 0.1) is 5.92 Å². The first-order valence-electron chi connectivity index (χ1n) is 9.84. The molecule has 0 aliphatic carbocycles. The van der Waals surface area contributed by atoms with Crippen LogP contribution < -0.4 is 11.3 Å². The number of aromatic nitrogens is 4. The number of hydrogen-bond donors (Lipinski definition) is 5. The summed E-state index contributed by atoms with van der Waals surface area (Å²) in [5, 5.41) is 38.5. The number of nitrogens with zero attached hydrogens (tertiary/aromatic N) is 4. The van der Waals surface area contributed by atoms with E-state index in [0.717, 1.165) is 6.33 Å². The maximum absolute atomic E-state index is 12.8. The first-order chi connectivity index (χ1) is 14.7. The van der Waals surface area contributed by atoms with Crippen molar-refractivity contribution in [3.05, 3.63) is 16.7 Å². The van der Waals surface area contributed by atoms with Gasteiger partial charge in [-0.3, -0.25) is 19.0 Å². The van der Waals surface area contributed by atoms with Crippen LogP contribution in [0.4, 0.5) is 5.95 Å². The molecular formula is C18H25N5O8. The lowest BCUT2D eigenvalue weighted by molar-refractivity contribution is -0.142. The highest BCUT2D eigenvalue weighted by molar-refractivity contribution is 5.84. The van der Waals surface area contributed by atoms with Crippen LogP contribution in [0.1, 0.15) is 43.6 Å². The highest BCUT2D eigenvalue weighted by Crippen LogP contribution is 2.31. The molecule has 13 heteroatoms. The zero-order chi connectivity index (χ0) is 22.9. The summed E-state index contributed by atoms with van der Waals surface area (Å²) in [7, 11) is 0. The van der Waals surface area contributed by atoms with Crippen LogP contribution in [0.2, 0.25) is 0 Å². The summed E-state index contributed by atoms with van der Waals surface area (Å²) in [6, 6.07) is 0. The standard InChI is InChI=1S/C18H25N5O8/c1-2-8(17(29)30)4-3-5-10(25)23-15(28)11-14(21-18(23)19)22(7-20-11)16-13(27)12(26)9(6-24)31-16/h7-9,12-13,16,24,26-27H,2-6H2,1H3,(H2,19,21)(H,29,30)/t8?,9-,12-,13-,16-/m1/s1. The van der Waals surface area contributed by atoms with Gasteiger partial charge in [0.15, 0.2) is 17.4 Å². The molecule has 5 atom stereocenters. The summed E-state index contributed by atoms with van der Waals surface area (Å²) in [5.74, 6) is -2.56. The van der Waals surface area contributed by atoms with Gasteiger partial charge >= 0.3 is 5.97 Å². The van der Waals surface area contributed by atoms with Gasteiger partial charge in [-0.25, -0.2) is 9.55 Å². The van der Waals surface area contributed by atoms with E-state index in [-0.39, 0.29) is 30.4 Å². The Labute approximate surface area is 175 Å². The molecule has 3 rings (SSSR count). The molecule has 2 aromatic heterocycles. The molecule has 1 unspecified atom stereocenters. The quantitative estimate of drug-likeness (QED) is 0.327. The van der Waals surface area contributed by atoms with Crippen molar-refractivity contribution in [1.29, 1.82) is 0 Å². The van der Waals surface area contributed by atoms with Crippen LogP contribution in [-0.2, 0) is 9.53 Å². The maximum Gasteiger partial charge on any atom is 0.306 e. The van der Waals surface area contributed by atoms with Crippen molar-refractivity contribution in [1.82, 2.24) is 19.1 Å². The summed E-state index contributed by atoms with van der Waals surface area (Å²) in [4.78, 5) is 44.4. The predicted octanol–water partition coefficient (Wildman–Crippen LogP) is -1.29. The first-order valence-corrected chi connectivity index (χ1v) is 9.84. The van der Waals surface area contributed by atoms with E-state index in [9.17, 15) is 29.7 Å². The number of ether oxygens (including phenoxy) is 1. The number of hydrogen-bond acceptors (Lipinski definition) is 10. The monoisotopic (exact) mass is 439 g/mol. The lowest BCUT2D eigenvalue weighted by Crippen LogP contribution is -2.33. The highest BCUT2D eigenvalue weighted by atomic mass is 16.6. The number of aliphatic carboxylic acids is 1. The minimum absolute atomic E-state index is 0.0571. The molecular weight excluding hydrogens is 414 g/mol. The Kier molecular flexibility index (Phi) is 6.69. The van der Waals surface area contributed by atoms with Gasteiger partial charge in [0.2, 0.25) is 11.9 Å². The topological polar surface area (TPSA) is 203 Å². The summed E-state index contributed by atoms with van der Waals surface area (Å²) in [5.41, 5.74) is 4.77. The number of carboxylic acid groups (broad SMARTS) is 1. The Hall–Kier alpha value is -2.87. The zero-order valence-electron chi connectivity index (χ0n) is 16.8. The second kappa shape index (κ2) is 9.09. The van der Waals surface area contributed by atoms with Crippen molar-refractivity contribution in [2.24, 2.45) is 5.92 Å². The molecule has 1 saturated heterocycles. The van der Waals surface area contributed by atoms with E-state index in [0.29, 0.717) is 11.0 Å². The fourth-order valence-electron chi connectivity index (χ4n) is 3.64. The molecule has 0 amide bonds. The van der Waals surface area contributed by atoms with E-state index in [1.165, 1.54) is 4.57 Å². The van der Waals surface area contributed by atoms with Gasteiger partial charge in [-0.1, -0.05) is 6.92 Å². The van der Waals surface area contributed by atoms with Gasteiger partial charge in [0.1, 0.15) is 18.3 Å². The van der Waals surface area contributed by atoms with E-state index < -0.39 is 60.4 Å². The highest BCUT2D eigenvalue weighted by Gasteiger charge is 2.44. The van der Waals surface area contributed by atoms with Gasteiger partial charge < -0.3 is 30.9 Å². The first kappa shape index (κ1) is 22.8. The lowest BCUT2D eigenvalue weighted by Gasteiger charge is -2.17. The van der Waals surface area contributed by atoms with Crippen molar-refractivity contribution in [2.45, 2.75) is 57.1 Å². The summed E-state index contributed by atoms with van der Waals surface area (Å²) in [6.07, 6.45) is -2.95. The molecule has 170 valence electrons. The third kappa shape index (κ3) is 4.17. The van der Waals surface area contributed by atoms with Crippen LogP contribution in [-0.4, -0.2) is 76.3 Å². The minimum atomic E-state index is -1.41. The number of anilines is 1. The molecule has 13 nitrogen and oxygen atoms in total. The number of aliphatic hydroxyl groups excluding tert-OH is 3. The number of carboxylic acids is 1. The number of nitrogen functional groups attached to an aromatic ring is 1. The van der Waals surface area contributed by atoms with Gasteiger partial charge in [0, 0.05) is 6.42 Å². The van der Waals surface area contributed by atoms with Crippen molar-refractivity contribution in [3.63, 3.8) is 0 Å². The molecule has 6 N–H and O–H groups in total. The third-order valence-electron chi connectivity index (χ3n) is 5.45. The summed E-state index contributed by atoms with van der Waals surface area (Å²) >= 11 is 0. The number of carbonyl (C=O) groups excluding carboxylic acids is 1. The molecule has 2 aromatic rings. The second-order valence-electron chi connectivity index (χ2n) is 7.39. The molecule has 0 bridgehead atoms. The van der Waals surface area contributed by atoms with E-state index in [4.69, 9.17) is 15.6 Å². The van der Waals surface area contributed by atoms with Gasteiger partial charge in [-0.15, -0.1) is 0 Å². The van der Waals surface area contributed by atoms with Crippen molar-refractivity contribution >= 4 is 29.0 Å². The number of aliphatic hydroxyl groups is 3. The minimum Gasteiger partial charge on any atom is -0.481 e. The van der Waals surface area contributed by atoms with Gasteiger partial charge in [0.25, 0.3) is 5.56 Å². The Morgan fingerprint density at radius 1 is 1.32 bits per heavy atom. The fraction of sp³-hybridized carbons (Fsp3) is 0.611. The average molecular weight is 439 g/mol. The molecule has 0 saturated carbocycles. The fourth-order valence-corrected chi connectivity index (χ4v) is 3.64. The Morgan fingerprint density at radius 3 is 2.61 bits per heavy atom. The smallest absolute Gasteiger partial charge is 0.306 e. The SMILES string of the molecule is CCC(CCCC(=O)n1c(N)nc2c(ncn2[C@@H]2O[C@H](CO)[C@@H](O)[C@H]2O)c1=O)C(=O)O.